The van der Waals surface area contributed by atoms with Crippen molar-refractivity contribution < 1.29 is 19.1 Å². The fraction of sp³-hybridized carbons (Fsp3) is 0.174. The summed E-state index contributed by atoms with van der Waals surface area (Å²) in [6.45, 7) is 1.90. The Hall–Kier alpha value is -4.25. The summed E-state index contributed by atoms with van der Waals surface area (Å²) < 4.78 is 16.5. The van der Waals surface area contributed by atoms with E-state index in [1.165, 1.54) is 0 Å². The summed E-state index contributed by atoms with van der Waals surface area (Å²) in [6.07, 6.45) is 1.35. The standard InChI is InChI=1S/C23H18N6O4S/c1-11-21(34-28-26-11)23(31)25-13-4-2-12-3-6-15-19(22(24)30)27-29(20(15)16(12)8-13)14-5-7-17-18(9-14)33-10-32-17/h2,4-5,7-9H,3,6,10H2,1H3,(H2,24,30)(H,25,31). The lowest BCUT2D eigenvalue weighted by molar-refractivity contribution is 0.0992. The van der Waals surface area contributed by atoms with Gasteiger partial charge in [0.1, 0.15) is 4.88 Å². The summed E-state index contributed by atoms with van der Waals surface area (Å²) in [4.78, 5) is 25.4. The van der Waals surface area contributed by atoms with Crippen LogP contribution in [0.5, 0.6) is 11.5 Å². The molecule has 0 spiro atoms. The molecule has 0 saturated heterocycles. The molecular weight excluding hydrogens is 456 g/mol. The SMILES string of the molecule is Cc1nnsc1C(=O)Nc1ccc2c(c1)-c1c(c(C(N)=O)nn1-c1ccc3c(c1)OCO3)CC2. The van der Waals surface area contributed by atoms with Crippen molar-refractivity contribution in [2.24, 2.45) is 5.73 Å². The Labute approximate surface area is 197 Å². The molecule has 170 valence electrons. The number of rotatable bonds is 4. The number of aryl methyl sites for hydroxylation is 2. The number of aromatic nitrogens is 4. The fourth-order valence-corrected chi connectivity index (χ4v) is 4.90. The first kappa shape index (κ1) is 20.4. The van der Waals surface area contributed by atoms with Gasteiger partial charge in [-0.3, -0.25) is 9.59 Å². The monoisotopic (exact) mass is 474 g/mol. The zero-order valence-electron chi connectivity index (χ0n) is 18.0. The van der Waals surface area contributed by atoms with Crippen molar-refractivity contribution >= 4 is 29.0 Å². The quantitative estimate of drug-likeness (QED) is 0.464. The smallest absolute Gasteiger partial charge is 0.269 e. The van der Waals surface area contributed by atoms with Crippen LogP contribution in [0.2, 0.25) is 0 Å². The average Bonchev–Trinajstić information content (AvgIpc) is 3.56. The van der Waals surface area contributed by atoms with Crippen LogP contribution in [0.1, 0.15) is 37.0 Å². The third-order valence-corrected chi connectivity index (χ3v) is 6.77. The van der Waals surface area contributed by atoms with Crippen LogP contribution < -0.4 is 20.5 Å². The Bertz CT molecular complexity index is 1490. The highest BCUT2D eigenvalue weighted by Gasteiger charge is 2.29. The molecule has 0 bridgehead atoms. The Morgan fingerprint density at radius 2 is 1.97 bits per heavy atom. The number of primary amides is 1. The van der Waals surface area contributed by atoms with Crippen molar-refractivity contribution in [3.63, 3.8) is 0 Å². The topological polar surface area (TPSA) is 134 Å². The predicted octanol–water partition coefficient (Wildman–Crippen LogP) is 2.88. The van der Waals surface area contributed by atoms with Crippen LogP contribution in [0.25, 0.3) is 16.9 Å². The van der Waals surface area contributed by atoms with Gasteiger partial charge in [0.15, 0.2) is 17.2 Å². The van der Waals surface area contributed by atoms with Crippen LogP contribution in [-0.4, -0.2) is 38.0 Å². The summed E-state index contributed by atoms with van der Waals surface area (Å²) in [6, 6.07) is 11.2. The molecule has 3 heterocycles. The molecule has 0 radical (unpaired) electrons. The second kappa shape index (κ2) is 7.66. The van der Waals surface area contributed by atoms with Crippen molar-refractivity contribution in [3.05, 3.63) is 63.8 Å². The maximum absolute atomic E-state index is 12.7. The normalized spacial score (nSPS) is 13.3. The van der Waals surface area contributed by atoms with Gasteiger partial charge >= 0.3 is 0 Å². The van der Waals surface area contributed by atoms with E-state index in [1.54, 1.807) is 11.6 Å². The molecule has 1 aliphatic heterocycles. The fourth-order valence-electron chi connectivity index (χ4n) is 4.35. The van der Waals surface area contributed by atoms with Crippen LogP contribution in [-0.2, 0) is 12.8 Å². The molecule has 11 heteroatoms. The molecule has 1 aliphatic carbocycles. The van der Waals surface area contributed by atoms with Crippen LogP contribution in [0, 0.1) is 6.92 Å². The first-order valence-electron chi connectivity index (χ1n) is 10.5. The van der Waals surface area contributed by atoms with E-state index in [4.69, 9.17) is 15.2 Å². The largest absolute Gasteiger partial charge is 0.454 e. The van der Waals surface area contributed by atoms with E-state index < -0.39 is 5.91 Å². The lowest BCUT2D eigenvalue weighted by atomic mass is 9.88. The van der Waals surface area contributed by atoms with E-state index in [1.807, 2.05) is 36.4 Å². The van der Waals surface area contributed by atoms with Gasteiger partial charge in [0.2, 0.25) is 6.79 Å². The Kier molecular flexibility index (Phi) is 4.59. The Balaban J connectivity index is 1.47. The lowest BCUT2D eigenvalue weighted by Crippen LogP contribution is -2.15. The molecule has 34 heavy (non-hydrogen) atoms. The molecular formula is C23H18N6O4S. The number of hydrogen-bond acceptors (Lipinski definition) is 8. The number of nitrogens with two attached hydrogens (primary N) is 1. The summed E-state index contributed by atoms with van der Waals surface area (Å²) in [5.74, 6) is 0.397. The van der Waals surface area contributed by atoms with E-state index >= 15 is 0 Å². The van der Waals surface area contributed by atoms with Gasteiger partial charge in [0.05, 0.1) is 17.1 Å². The van der Waals surface area contributed by atoms with E-state index in [0.29, 0.717) is 39.9 Å². The Morgan fingerprint density at radius 1 is 1.12 bits per heavy atom. The predicted molar refractivity (Wildman–Crippen MR) is 124 cm³/mol. The first-order chi connectivity index (χ1) is 16.5. The summed E-state index contributed by atoms with van der Waals surface area (Å²) >= 11 is 1.05. The van der Waals surface area contributed by atoms with Gasteiger partial charge in [-0.1, -0.05) is 10.6 Å². The molecule has 10 nitrogen and oxygen atoms in total. The van der Waals surface area contributed by atoms with Crippen LogP contribution in [0.3, 0.4) is 0 Å². The van der Waals surface area contributed by atoms with Crippen LogP contribution in [0.4, 0.5) is 5.69 Å². The van der Waals surface area contributed by atoms with Crippen molar-refractivity contribution in [3.8, 4) is 28.4 Å². The highest BCUT2D eigenvalue weighted by molar-refractivity contribution is 7.08. The number of carbonyl (C=O) groups excluding carboxylic acids is 2. The molecule has 2 aromatic heterocycles. The minimum Gasteiger partial charge on any atom is -0.454 e. The zero-order chi connectivity index (χ0) is 23.4. The average molecular weight is 475 g/mol. The minimum atomic E-state index is -0.586. The molecule has 2 amide bonds. The molecule has 0 unspecified atom stereocenters. The number of nitrogens with one attached hydrogen (secondary N) is 1. The maximum atomic E-state index is 12.7. The van der Waals surface area contributed by atoms with Crippen LogP contribution in [0.15, 0.2) is 36.4 Å². The zero-order valence-corrected chi connectivity index (χ0v) is 18.8. The number of benzene rings is 2. The number of nitrogens with zero attached hydrogens (tertiary/aromatic N) is 4. The third kappa shape index (κ3) is 3.20. The van der Waals surface area contributed by atoms with Crippen molar-refractivity contribution in [2.75, 3.05) is 12.1 Å². The lowest BCUT2D eigenvalue weighted by Gasteiger charge is -2.20. The summed E-state index contributed by atoms with van der Waals surface area (Å²) in [7, 11) is 0. The van der Waals surface area contributed by atoms with Gasteiger partial charge < -0.3 is 20.5 Å². The molecule has 6 rings (SSSR count). The number of ether oxygens (including phenoxy) is 2. The molecule has 3 N–H and O–H groups in total. The second-order valence-electron chi connectivity index (χ2n) is 8.00. The van der Waals surface area contributed by atoms with Crippen molar-refractivity contribution in [1.82, 2.24) is 19.4 Å². The van der Waals surface area contributed by atoms with E-state index in [2.05, 4.69) is 20.0 Å². The van der Waals surface area contributed by atoms with Gasteiger partial charge in [-0.2, -0.15) is 5.10 Å². The third-order valence-electron chi connectivity index (χ3n) is 5.94. The maximum Gasteiger partial charge on any atom is 0.269 e. The molecule has 0 atom stereocenters. The number of fused-ring (bicyclic) bond motifs is 4. The van der Waals surface area contributed by atoms with Gasteiger partial charge in [-0.25, -0.2) is 4.68 Å². The molecule has 2 aliphatic rings. The number of carbonyl (C=O) groups is 2. The van der Waals surface area contributed by atoms with Gasteiger partial charge in [0.25, 0.3) is 11.8 Å². The molecule has 0 saturated carbocycles. The minimum absolute atomic E-state index is 0.156. The van der Waals surface area contributed by atoms with Crippen molar-refractivity contribution in [2.45, 2.75) is 19.8 Å². The van der Waals surface area contributed by atoms with Gasteiger partial charge in [0, 0.05) is 22.9 Å². The Morgan fingerprint density at radius 3 is 2.76 bits per heavy atom. The highest BCUT2D eigenvalue weighted by atomic mass is 32.1. The molecule has 0 fully saturated rings. The second-order valence-corrected chi connectivity index (χ2v) is 8.76. The molecule has 2 aromatic carbocycles. The van der Waals surface area contributed by atoms with Crippen molar-refractivity contribution in [1.29, 1.82) is 0 Å². The van der Waals surface area contributed by atoms with Gasteiger partial charge in [-0.15, -0.1) is 5.10 Å². The molecule has 4 aromatic rings. The first-order valence-corrected chi connectivity index (χ1v) is 11.3. The van der Waals surface area contributed by atoms with Crippen LogP contribution >= 0.6 is 11.5 Å². The summed E-state index contributed by atoms with van der Waals surface area (Å²) in [5.41, 5.74) is 11.3. The van der Waals surface area contributed by atoms with E-state index in [9.17, 15) is 9.59 Å². The highest BCUT2D eigenvalue weighted by Crippen LogP contribution is 2.40. The summed E-state index contributed by atoms with van der Waals surface area (Å²) in [5, 5.41) is 11.4. The number of hydrogen-bond donors (Lipinski definition) is 2. The van der Waals surface area contributed by atoms with Gasteiger partial charge in [-0.05, 0) is 61.1 Å². The van der Waals surface area contributed by atoms with E-state index in [-0.39, 0.29) is 18.4 Å². The van der Waals surface area contributed by atoms with E-state index in [0.717, 1.165) is 40.3 Å². The number of amides is 2. The number of anilines is 1.